The maximum absolute atomic E-state index is 12.8. The van der Waals surface area contributed by atoms with Crippen molar-refractivity contribution < 1.29 is 32.4 Å². The number of nitro benzene ring substituents is 1. The number of hydrogen-bond donors (Lipinski definition) is 2. The third-order valence-corrected chi connectivity index (χ3v) is 4.86. The van der Waals surface area contributed by atoms with Crippen molar-refractivity contribution in [1.29, 1.82) is 0 Å². The number of rotatable bonds is 9. The van der Waals surface area contributed by atoms with Crippen LogP contribution in [-0.4, -0.2) is 30.8 Å². The number of anilines is 2. The van der Waals surface area contributed by atoms with Crippen LogP contribution in [0.3, 0.4) is 0 Å². The minimum Gasteiger partial charge on any atom is -0.493 e. The lowest BCUT2D eigenvalue weighted by Gasteiger charge is -2.13. The van der Waals surface area contributed by atoms with Gasteiger partial charge in [-0.3, -0.25) is 20.3 Å². The highest BCUT2D eigenvalue weighted by atomic mass is 35.5. The van der Waals surface area contributed by atoms with Crippen molar-refractivity contribution in [2.75, 3.05) is 24.5 Å². The van der Waals surface area contributed by atoms with Crippen LogP contribution in [0.4, 0.5) is 30.2 Å². The molecule has 0 saturated carbocycles. The molecule has 36 heavy (non-hydrogen) atoms. The fourth-order valence-electron chi connectivity index (χ4n) is 2.94. The van der Waals surface area contributed by atoms with Crippen LogP contribution in [0.1, 0.15) is 11.1 Å². The second kappa shape index (κ2) is 11.4. The molecule has 2 N–H and O–H groups in total. The second-order valence-electron chi connectivity index (χ2n) is 7.09. The van der Waals surface area contributed by atoms with Gasteiger partial charge in [-0.05, 0) is 42.0 Å². The summed E-state index contributed by atoms with van der Waals surface area (Å²) >= 11 is 6.27. The van der Waals surface area contributed by atoms with Gasteiger partial charge >= 0.3 is 6.18 Å². The quantitative estimate of drug-likeness (QED) is 0.210. The van der Waals surface area contributed by atoms with Gasteiger partial charge in [-0.2, -0.15) is 18.3 Å². The summed E-state index contributed by atoms with van der Waals surface area (Å²) in [5.41, 5.74) is 1.12. The summed E-state index contributed by atoms with van der Waals surface area (Å²) in [5.74, 6) is -0.143. The first-order valence-corrected chi connectivity index (χ1v) is 10.5. The summed E-state index contributed by atoms with van der Waals surface area (Å²) in [4.78, 5) is 22.4. The number of ether oxygens (including phenoxy) is 2. The molecule has 0 atom stereocenters. The van der Waals surface area contributed by atoms with Gasteiger partial charge in [0.05, 0.1) is 28.8 Å². The molecule has 0 heterocycles. The molecule has 0 aliphatic carbocycles. The number of carbonyl (C=O) groups is 1. The van der Waals surface area contributed by atoms with Crippen molar-refractivity contribution in [2.24, 2.45) is 5.10 Å². The van der Waals surface area contributed by atoms with Crippen molar-refractivity contribution in [1.82, 2.24) is 0 Å². The van der Waals surface area contributed by atoms with Crippen molar-refractivity contribution in [2.45, 2.75) is 6.18 Å². The van der Waals surface area contributed by atoms with Crippen molar-refractivity contribution >= 4 is 40.8 Å². The zero-order valence-electron chi connectivity index (χ0n) is 18.5. The topological polar surface area (TPSA) is 115 Å². The van der Waals surface area contributed by atoms with Crippen LogP contribution in [0.2, 0.25) is 5.02 Å². The van der Waals surface area contributed by atoms with Gasteiger partial charge in [-0.25, -0.2) is 0 Å². The number of para-hydroxylation sites is 1. The third-order valence-electron chi connectivity index (χ3n) is 4.58. The predicted molar refractivity (Wildman–Crippen MR) is 128 cm³/mol. The van der Waals surface area contributed by atoms with E-state index in [2.05, 4.69) is 15.8 Å². The van der Waals surface area contributed by atoms with Crippen LogP contribution in [0, 0.1) is 10.1 Å². The smallest absolute Gasteiger partial charge is 0.416 e. The molecule has 0 spiro atoms. The highest BCUT2D eigenvalue weighted by Gasteiger charge is 2.33. The summed E-state index contributed by atoms with van der Waals surface area (Å²) in [7, 11) is 1.35. The van der Waals surface area contributed by atoms with E-state index in [1.165, 1.54) is 25.5 Å². The Bertz CT molecular complexity index is 1290. The standard InChI is InChI=1S/C23H18ClF3N4O5/c1-35-20-10-14(9-17(24)22(20)36-13-21(32)29-16-5-3-2-4-6-16)12-28-30-18-8-7-15(23(25,26)27)11-19(18)31(33)34/h2-12,30H,13H2,1H3,(H,29,32)/b28-12-. The number of halogens is 4. The molecule has 0 saturated heterocycles. The molecule has 3 aromatic carbocycles. The molecule has 1 amide bonds. The Labute approximate surface area is 207 Å². The number of alkyl halides is 3. The molecule has 13 heteroatoms. The number of nitrogens with one attached hydrogen (secondary N) is 2. The molecule has 0 aliphatic heterocycles. The fraction of sp³-hybridized carbons (Fsp3) is 0.130. The summed E-state index contributed by atoms with van der Waals surface area (Å²) in [6.45, 7) is -0.350. The minimum absolute atomic E-state index is 0.0869. The molecule has 3 aromatic rings. The van der Waals surface area contributed by atoms with Crippen LogP contribution in [0.5, 0.6) is 11.5 Å². The highest BCUT2D eigenvalue weighted by Crippen LogP contribution is 2.37. The molecule has 9 nitrogen and oxygen atoms in total. The van der Waals surface area contributed by atoms with Gasteiger partial charge in [0, 0.05) is 11.8 Å². The lowest BCUT2D eigenvalue weighted by molar-refractivity contribution is -0.384. The SMILES string of the molecule is COc1cc(/C=N\Nc2ccc(C(F)(F)F)cc2[N+](=O)[O-])cc(Cl)c1OCC(=O)Nc1ccccc1. The predicted octanol–water partition coefficient (Wildman–Crippen LogP) is 5.74. The van der Waals surface area contributed by atoms with E-state index < -0.39 is 28.3 Å². The van der Waals surface area contributed by atoms with E-state index in [4.69, 9.17) is 21.1 Å². The molecular weight excluding hydrogens is 505 g/mol. The molecule has 3 rings (SSSR count). The molecule has 188 valence electrons. The van der Waals surface area contributed by atoms with E-state index in [0.29, 0.717) is 23.4 Å². The normalized spacial score (nSPS) is 11.2. The molecule has 0 fully saturated rings. The van der Waals surface area contributed by atoms with E-state index in [1.807, 2.05) is 6.07 Å². The molecule has 0 radical (unpaired) electrons. The maximum Gasteiger partial charge on any atom is 0.416 e. The van der Waals surface area contributed by atoms with Gasteiger partial charge < -0.3 is 14.8 Å². The average molecular weight is 523 g/mol. The second-order valence-corrected chi connectivity index (χ2v) is 7.50. The van der Waals surface area contributed by atoms with E-state index in [9.17, 15) is 28.1 Å². The zero-order valence-corrected chi connectivity index (χ0v) is 19.3. The third kappa shape index (κ3) is 6.85. The van der Waals surface area contributed by atoms with E-state index in [0.717, 1.165) is 6.07 Å². The van der Waals surface area contributed by atoms with Gasteiger partial charge in [-0.1, -0.05) is 29.8 Å². The van der Waals surface area contributed by atoms with Crippen LogP contribution < -0.4 is 20.2 Å². The van der Waals surface area contributed by atoms with E-state index >= 15 is 0 Å². The number of carbonyl (C=O) groups excluding carboxylic acids is 1. The largest absolute Gasteiger partial charge is 0.493 e. The van der Waals surface area contributed by atoms with Crippen LogP contribution >= 0.6 is 11.6 Å². The van der Waals surface area contributed by atoms with Crippen molar-refractivity contribution in [3.05, 3.63) is 86.9 Å². The summed E-state index contributed by atoms with van der Waals surface area (Å²) < 4.78 is 49.3. The Kier molecular flexibility index (Phi) is 8.33. The number of hydrogen-bond acceptors (Lipinski definition) is 7. The molecular formula is C23H18ClF3N4O5. The van der Waals surface area contributed by atoms with Crippen molar-refractivity contribution in [3.8, 4) is 11.5 Å². The van der Waals surface area contributed by atoms with Gasteiger partial charge in [0.2, 0.25) is 0 Å². The van der Waals surface area contributed by atoms with Gasteiger partial charge in [-0.15, -0.1) is 0 Å². The Morgan fingerprint density at radius 2 is 1.89 bits per heavy atom. The lowest BCUT2D eigenvalue weighted by Crippen LogP contribution is -2.20. The van der Waals surface area contributed by atoms with Crippen LogP contribution in [0.25, 0.3) is 0 Å². The van der Waals surface area contributed by atoms with E-state index in [1.54, 1.807) is 24.3 Å². The first-order chi connectivity index (χ1) is 17.1. The first kappa shape index (κ1) is 26.3. The number of hydrazone groups is 1. The van der Waals surface area contributed by atoms with E-state index in [-0.39, 0.29) is 28.8 Å². The van der Waals surface area contributed by atoms with Gasteiger partial charge in [0.1, 0.15) is 5.69 Å². The van der Waals surface area contributed by atoms with Crippen LogP contribution in [-0.2, 0) is 11.0 Å². The molecule has 0 bridgehead atoms. The zero-order chi connectivity index (χ0) is 26.3. The highest BCUT2D eigenvalue weighted by molar-refractivity contribution is 6.32. The summed E-state index contributed by atoms with van der Waals surface area (Å²) in [5, 5.41) is 17.8. The lowest BCUT2D eigenvalue weighted by atomic mass is 10.1. The number of nitrogens with zero attached hydrogens (tertiary/aromatic N) is 2. The minimum atomic E-state index is -4.73. The Balaban J connectivity index is 1.71. The van der Waals surface area contributed by atoms with Crippen molar-refractivity contribution in [3.63, 3.8) is 0 Å². The van der Waals surface area contributed by atoms with Gasteiger partial charge in [0.15, 0.2) is 18.1 Å². The fourth-order valence-corrected chi connectivity index (χ4v) is 3.21. The maximum atomic E-state index is 12.8. The Hall–Kier alpha value is -4.32. The summed E-state index contributed by atoms with van der Waals surface area (Å²) in [6.07, 6.45) is -3.51. The number of nitro groups is 1. The Morgan fingerprint density at radius 3 is 2.53 bits per heavy atom. The number of amides is 1. The average Bonchev–Trinajstić information content (AvgIpc) is 2.83. The number of benzene rings is 3. The summed E-state index contributed by atoms with van der Waals surface area (Å²) in [6, 6.07) is 13.7. The first-order valence-electron chi connectivity index (χ1n) is 10.1. The van der Waals surface area contributed by atoms with Gasteiger partial charge in [0.25, 0.3) is 11.6 Å². The molecule has 0 unspecified atom stereocenters. The molecule has 0 aliphatic rings. The monoisotopic (exact) mass is 522 g/mol. The Morgan fingerprint density at radius 1 is 1.17 bits per heavy atom. The molecule has 0 aromatic heterocycles. The van der Waals surface area contributed by atoms with Crippen LogP contribution in [0.15, 0.2) is 65.8 Å². The number of methoxy groups -OCH3 is 1.